The van der Waals surface area contributed by atoms with Crippen LogP contribution >= 0.6 is 0 Å². The average Bonchev–Trinajstić information content (AvgIpc) is 2.59. The van der Waals surface area contributed by atoms with Crippen molar-refractivity contribution in [3.8, 4) is 0 Å². The van der Waals surface area contributed by atoms with E-state index in [9.17, 15) is 18.4 Å². The molecule has 0 aromatic heterocycles. The standard InChI is InChI=1S/C22H30F2N2O2/c1-4-5-11-25-22(28)20(14-17-12-18(23)15-19(24)13-17)26-21(27)10-8-6-7-9-16(2)3/h4-5,8,10,12-13,15-16,20H,6-7,9,11,14H2,1-3H3,(H,25,28)(H,26,27)/b5-4-,10-8+. The molecule has 1 atom stereocenters. The molecule has 154 valence electrons. The van der Waals surface area contributed by atoms with Gasteiger partial charge in [0.2, 0.25) is 11.8 Å². The third-order valence-corrected chi connectivity index (χ3v) is 4.05. The maximum Gasteiger partial charge on any atom is 0.244 e. The Morgan fingerprint density at radius 2 is 1.79 bits per heavy atom. The molecule has 1 unspecified atom stereocenters. The van der Waals surface area contributed by atoms with Crippen LogP contribution in [0.15, 0.2) is 42.5 Å². The fourth-order valence-corrected chi connectivity index (χ4v) is 2.63. The number of hydrogen-bond acceptors (Lipinski definition) is 2. The maximum atomic E-state index is 13.4. The molecular formula is C22H30F2N2O2. The second kappa shape index (κ2) is 12.8. The molecule has 4 nitrogen and oxygen atoms in total. The van der Waals surface area contributed by atoms with Crippen molar-refractivity contribution < 1.29 is 18.4 Å². The van der Waals surface area contributed by atoms with Crippen LogP contribution in [0, 0.1) is 17.6 Å². The van der Waals surface area contributed by atoms with E-state index in [0.29, 0.717) is 18.0 Å². The van der Waals surface area contributed by atoms with Gasteiger partial charge in [0.1, 0.15) is 17.7 Å². The summed E-state index contributed by atoms with van der Waals surface area (Å²) in [5.41, 5.74) is 0.296. The van der Waals surface area contributed by atoms with Crippen molar-refractivity contribution in [1.29, 1.82) is 0 Å². The number of allylic oxidation sites excluding steroid dienone is 2. The molecule has 0 spiro atoms. The van der Waals surface area contributed by atoms with Crippen molar-refractivity contribution in [2.24, 2.45) is 5.92 Å². The first kappa shape index (κ1) is 23.5. The summed E-state index contributed by atoms with van der Waals surface area (Å²) < 4.78 is 26.9. The van der Waals surface area contributed by atoms with E-state index in [-0.39, 0.29) is 6.42 Å². The molecule has 0 radical (unpaired) electrons. The Balaban J connectivity index is 2.75. The van der Waals surface area contributed by atoms with E-state index in [2.05, 4.69) is 24.5 Å². The van der Waals surface area contributed by atoms with Gasteiger partial charge in [-0.05, 0) is 49.5 Å². The molecule has 0 saturated heterocycles. The fraction of sp³-hybridized carbons (Fsp3) is 0.455. The second-order valence-electron chi connectivity index (χ2n) is 7.08. The summed E-state index contributed by atoms with van der Waals surface area (Å²) in [6.07, 6.45) is 9.54. The molecule has 1 aromatic rings. The van der Waals surface area contributed by atoms with E-state index in [1.54, 1.807) is 18.2 Å². The smallest absolute Gasteiger partial charge is 0.244 e. The average molecular weight is 392 g/mol. The zero-order chi connectivity index (χ0) is 20.9. The minimum Gasteiger partial charge on any atom is -0.351 e. The first-order valence-electron chi connectivity index (χ1n) is 9.62. The first-order valence-corrected chi connectivity index (χ1v) is 9.62. The second-order valence-corrected chi connectivity index (χ2v) is 7.08. The van der Waals surface area contributed by atoms with Gasteiger partial charge in [-0.3, -0.25) is 9.59 Å². The van der Waals surface area contributed by atoms with E-state index >= 15 is 0 Å². The molecule has 28 heavy (non-hydrogen) atoms. The number of nitrogens with one attached hydrogen (secondary N) is 2. The molecule has 0 aliphatic heterocycles. The highest BCUT2D eigenvalue weighted by Crippen LogP contribution is 2.11. The van der Waals surface area contributed by atoms with Crippen LogP contribution in [0.1, 0.15) is 45.6 Å². The van der Waals surface area contributed by atoms with Gasteiger partial charge in [-0.1, -0.05) is 38.5 Å². The first-order chi connectivity index (χ1) is 13.3. The number of amides is 2. The van der Waals surface area contributed by atoms with Crippen molar-refractivity contribution >= 4 is 11.8 Å². The van der Waals surface area contributed by atoms with Crippen molar-refractivity contribution in [3.05, 3.63) is 59.7 Å². The van der Waals surface area contributed by atoms with Crippen molar-refractivity contribution in [2.45, 2.75) is 52.5 Å². The lowest BCUT2D eigenvalue weighted by Crippen LogP contribution is -2.47. The fourth-order valence-electron chi connectivity index (χ4n) is 2.63. The van der Waals surface area contributed by atoms with Crippen LogP contribution in [0.25, 0.3) is 0 Å². The normalized spacial score (nSPS) is 12.6. The van der Waals surface area contributed by atoms with E-state index in [0.717, 1.165) is 37.5 Å². The van der Waals surface area contributed by atoms with Crippen molar-refractivity contribution in [3.63, 3.8) is 0 Å². The Bertz CT molecular complexity index is 680. The predicted molar refractivity (Wildman–Crippen MR) is 108 cm³/mol. The number of unbranched alkanes of at least 4 members (excludes halogenated alkanes) is 1. The monoisotopic (exact) mass is 392 g/mol. The van der Waals surface area contributed by atoms with Gasteiger partial charge in [0.15, 0.2) is 0 Å². The highest BCUT2D eigenvalue weighted by Gasteiger charge is 2.20. The van der Waals surface area contributed by atoms with Crippen LogP contribution < -0.4 is 10.6 Å². The molecule has 0 saturated carbocycles. The lowest BCUT2D eigenvalue weighted by Gasteiger charge is -2.17. The molecule has 1 rings (SSSR count). The Morgan fingerprint density at radius 3 is 2.39 bits per heavy atom. The number of carbonyl (C=O) groups is 2. The van der Waals surface area contributed by atoms with Crippen LogP contribution in [0.4, 0.5) is 8.78 Å². The highest BCUT2D eigenvalue weighted by molar-refractivity contribution is 5.93. The molecule has 0 aliphatic rings. The minimum absolute atomic E-state index is 0.0106. The summed E-state index contributed by atoms with van der Waals surface area (Å²) in [4.78, 5) is 24.6. The van der Waals surface area contributed by atoms with Gasteiger partial charge in [-0.25, -0.2) is 8.78 Å². The van der Waals surface area contributed by atoms with E-state index in [1.165, 1.54) is 6.08 Å². The molecule has 0 aliphatic carbocycles. The number of rotatable bonds is 11. The molecule has 6 heteroatoms. The molecule has 0 bridgehead atoms. The number of halogens is 2. The Labute approximate surface area is 166 Å². The zero-order valence-corrected chi connectivity index (χ0v) is 16.8. The lowest BCUT2D eigenvalue weighted by molar-refractivity contribution is -0.126. The topological polar surface area (TPSA) is 58.2 Å². The van der Waals surface area contributed by atoms with Crippen molar-refractivity contribution in [1.82, 2.24) is 10.6 Å². The number of hydrogen-bond donors (Lipinski definition) is 2. The minimum atomic E-state index is -0.931. The van der Waals surface area contributed by atoms with Crippen LogP contribution in [-0.2, 0) is 16.0 Å². The third kappa shape index (κ3) is 10.00. The van der Waals surface area contributed by atoms with Gasteiger partial charge < -0.3 is 10.6 Å². The summed E-state index contributed by atoms with van der Waals surface area (Å²) in [6.45, 7) is 6.42. The quantitative estimate of drug-likeness (QED) is 0.339. The molecule has 1 aromatic carbocycles. The van der Waals surface area contributed by atoms with E-state index in [1.807, 2.05) is 6.92 Å². The summed E-state index contributed by atoms with van der Waals surface area (Å²) in [5, 5.41) is 5.30. The van der Waals surface area contributed by atoms with Crippen molar-refractivity contribution in [2.75, 3.05) is 6.54 Å². The van der Waals surface area contributed by atoms with Gasteiger partial charge in [0.25, 0.3) is 0 Å². The summed E-state index contributed by atoms with van der Waals surface area (Å²) in [7, 11) is 0. The molecule has 0 heterocycles. The Kier molecular flexibility index (Phi) is 10.8. The van der Waals surface area contributed by atoms with Crippen LogP contribution in [-0.4, -0.2) is 24.4 Å². The van der Waals surface area contributed by atoms with E-state index < -0.39 is 29.5 Å². The Hall–Kier alpha value is -2.50. The predicted octanol–water partition coefficient (Wildman–Crippen LogP) is 4.07. The Morgan fingerprint density at radius 1 is 1.11 bits per heavy atom. The van der Waals surface area contributed by atoms with Gasteiger partial charge in [-0.2, -0.15) is 0 Å². The molecule has 2 N–H and O–H groups in total. The molecule has 2 amide bonds. The van der Waals surface area contributed by atoms with Gasteiger partial charge in [0.05, 0.1) is 0 Å². The van der Waals surface area contributed by atoms with Gasteiger partial charge >= 0.3 is 0 Å². The number of benzene rings is 1. The van der Waals surface area contributed by atoms with Crippen LogP contribution in [0.2, 0.25) is 0 Å². The van der Waals surface area contributed by atoms with E-state index in [4.69, 9.17) is 0 Å². The van der Waals surface area contributed by atoms with Crippen LogP contribution in [0.3, 0.4) is 0 Å². The largest absolute Gasteiger partial charge is 0.351 e. The third-order valence-electron chi connectivity index (χ3n) is 4.05. The lowest BCUT2D eigenvalue weighted by atomic mass is 10.0. The van der Waals surface area contributed by atoms with Gasteiger partial charge in [0, 0.05) is 19.0 Å². The number of carbonyl (C=O) groups excluding carboxylic acids is 2. The zero-order valence-electron chi connectivity index (χ0n) is 16.8. The molecule has 0 fully saturated rings. The molecular weight excluding hydrogens is 362 g/mol. The summed E-state index contributed by atoms with van der Waals surface area (Å²) >= 11 is 0. The summed E-state index contributed by atoms with van der Waals surface area (Å²) in [5.74, 6) is -1.66. The SMILES string of the molecule is C/C=C\CNC(=O)C(Cc1cc(F)cc(F)c1)NC(=O)/C=C/CCCC(C)C. The summed E-state index contributed by atoms with van der Waals surface area (Å²) in [6, 6.07) is 2.15. The maximum absolute atomic E-state index is 13.4. The highest BCUT2D eigenvalue weighted by atomic mass is 19.1. The van der Waals surface area contributed by atoms with Gasteiger partial charge in [-0.15, -0.1) is 0 Å². The van der Waals surface area contributed by atoms with Crippen LogP contribution in [0.5, 0.6) is 0 Å².